The van der Waals surface area contributed by atoms with Crippen LogP contribution in [0, 0.1) is 6.92 Å². The molecule has 1 fully saturated rings. The molecule has 1 amide bonds. The first-order chi connectivity index (χ1) is 14.1. The number of amidine groups is 1. The molecular weight excluding hydrogens is 366 g/mol. The van der Waals surface area contributed by atoms with Gasteiger partial charge in [-0.3, -0.25) is 5.32 Å². The Morgan fingerprint density at radius 1 is 1.10 bits per heavy atom. The van der Waals surface area contributed by atoms with E-state index in [1.165, 1.54) is 5.56 Å². The lowest BCUT2D eigenvalue weighted by molar-refractivity contribution is -0.224. The van der Waals surface area contributed by atoms with Crippen LogP contribution in [0.2, 0.25) is 0 Å². The highest BCUT2D eigenvalue weighted by molar-refractivity contribution is 6.00. The van der Waals surface area contributed by atoms with E-state index in [1.807, 2.05) is 55.5 Å². The average Bonchev–Trinajstić information content (AvgIpc) is 3.07. The molecule has 0 bridgehead atoms. The molecule has 4 rings (SSSR count). The van der Waals surface area contributed by atoms with Crippen LogP contribution in [0.15, 0.2) is 53.7 Å². The second kappa shape index (κ2) is 8.15. The molecule has 1 N–H and O–H groups in total. The maximum Gasteiger partial charge on any atom is 0.436 e. The van der Waals surface area contributed by atoms with Crippen LogP contribution >= 0.6 is 0 Å². The zero-order chi connectivity index (χ0) is 20.3. The summed E-state index contributed by atoms with van der Waals surface area (Å²) in [6, 6.07) is 15.7. The minimum atomic E-state index is -0.720. The number of benzene rings is 2. The van der Waals surface area contributed by atoms with Gasteiger partial charge in [-0.05, 0) is 43.9 Å². The van der Waals surface area contributed by atoms with Crippen LogP contribution < -0.4 is 5.32 Å². The van der Waals surface area contributed by atoms with E-state index in [9.17, 15) is 4.79 Å². The third kappa shape index (κ3) is 4.06. The number of carbonyl (C=O) groups excluding carboxylic acids is 1. The number of anilines is 1. The van der Waals surface area contributed by atoms with Gasteiger partial charge < -0.3 is 9.68 Å². The maximum atomic E-state index is 12.7. The van der Waals surface area contributed by atoms with Gasteiger partial charge >= 0.3 is 6.09 Å². The second-order valence-corrected chi connectivity index (χ2v) is 7.73. The smallest absolute Gasteiger partial charge is 0.362 e. The van der Waals surface area contributed by atoms with Crippen molar-refractivity contribution in [2.75, 3.05) is 5.32 Å². The van der Waals surface area contributed by atoms with Gasteiger partial charge in [-0.25, -0.2) is 4.79 Å². The fourth-order valence-electron chi connectivity index (χ4n) is 3.84. The van der Waals surface area contributed by atoms with Crippen molar-refractivity contribution in [3.05, 3.63) is 65.2 Å². The predicted molar refractivity (Wildman–Crippen MR) is 112 cm³/mol. The molecule has 1 heterocycles. The molecule has 29 heavy (non-hydrogen) atoms. The number of nitrogens with one attached hydrogen (secondary N) is 1. The zero-order valence-electron chi connectivity index (χ0n) is 17.0. The number of hydrogen-bond acceptors (Lipinski definition) is 5. The Morgan fingerprint density at radius 3 is 2.45 bits per heavy atom. The minimum Gasteiger partial charge on any atom is -0.362 e. The molecule has 2 aliphatic rings. The first-order valence-electron chi connectivity index (χ1n) is 10.3. The van der Waals surface area contributed by atoms with E-state index in [0.29, 0.717) is 11.5 Å². The van der Waals surface area contributed by atoms with E-state index < -0.39 is 11.8 Å². The fourth-order valence-corrected chi connectivity index (χ4v) is 3.84. The van der Waals surface area contributed by atoms with Gasteiger partial charge in [-0.2, -0.15) is 0 Å². The lowest BCUT2D eigenvalue weighted by atomic mass is 9.91. The summed E-state index contributed by atoms with van der Waals surface area (Å²) in [5, 5.41) is 8.70. The normalized spacial score (nSPS) is 17.6. The number of hydrogen-bond donors (Lipinski definition) is 1. The summed E-state index contributed by atoms with van der Waals surface area (Å²) >= 11 is 0. The Hall–Kier alpha value is -3.02. The van der Waals surface area contributed by atoms with Crippen LogP contribution in [0.25, 0.3) is 0 Å². The average molecular weight is 393 g/mol. The van der Waals surface area contributed by atoms with Crippen molar-refractivity contribution in [3.8, 4) is 0 Å². The van der Waals surface area contributed by atoms with Gasteiger partial charge in [0.2, 0.25) is 11.6 Å². The predicted octanol–water partition coefficient (Wildman–Crippen LogP) is 5.38. The molecule has 0 aromatic heterocycles. The number of oxime groups is 1. The Morgan fingerprint density at radius 2 is 1.79 bits per heavy atom. The van der Waals surface area contributed by atoms with Gasteiger partial charge in [-0.1, -0.05) is 60.5 Å². The summed E-state index contributed by atoms with van der Waals surface area (Å²) < 4.78 is 0. The van der Waals surface area contributed by atoms with Crippen molar-refractivity contribution in [2.24, 2.45) is 5.16 Å². The summed E-state index contributed by atoms with van der Waals surface area (Å²) in [7, 11) is 0. The summed E-state index contributed by atoms with van der Waals surface area (Å²) in [4.78, 5) is 24.4. The van der Waals surface area contributed by atoms with Crippen LogP contribution in [0.3, 0.4) is 0 Å². The van der Waals surface area contributed by atoms with Crippen LogP contribution in [0.4, 0.5) is 10.5 Å². The van der Waals surface area contributed by atoms with E-state index in [0.717, 1.165) is 49.7 Å². The van der Waals surface area contributed by atoms with Gasteiger partial charge in [0.1, 0.15) is 0 Å². The molecule has 0 radical (unpaired) electrons. The van der Waals surface area contributed by atoms with Gasteiger partial charge in [-0.15, -0.1) is 5.06 Å². The first-order valence-corrected chi connectivity index (χ1v) is 10.3. The molecule has 0 atom stereocenters. The molecule has 152 valence electrons. The molecule has 2 aromatic rings. The summed E-state index contributed by atoms with van der Waals surface area (Å²) in [6.07, 6.45) is 5.11. The Bertz CT molecular complexity index is 885. The third-order valence-corrected chi connectivity index (χ3v) is 5.59. The number of hydroxylamine groups is 2. The van der Waals surface area contributed by atoms with E-state index in [4.69, 9.17) is 9.68 Å². The second-order valence-electron chi connectivity index (χ2n) is 7.73. The van der Waals surface area contributed by atoms with E-state index >= 15 is 0 Å². The van der Waals surface area contributed by atoms with Gasteiger partial charge in [0.05, 0.1) is 0 Å². The Labute approximate surface area is 171 Å². The number of amides is 1. The molecule has 1 spiro atoms. The van der Waals surface area contributed by atoms with Crippen molar-refractivity contribution in [1.82, 2.24) is 5.06 Å². The molecule has 1 saturated carbocycles. The molecule has 6 nitrogen and oxygen atoms in total. The highest BCUT2D eigenvalue weighted by Crippen LogP contribution is 2.40. The quantitative estimate of drug-likeness (QED) is 0.758. The SMILES string of the molecule is CCc1ccc(NC(=O)ON2C(c3ccc(C)cc3)=NOC23CCCCC3)cc1. The van der Waals surface area contributed by atoms with Gasteiger partial charge in [0.15, 0.2) is 0 Å². The lowest BCUT2D eigenvalue weighted by Crippen LogP contribution is -2.51. The highest BCUT2D eigenvalue weighted by Gasteiger charge is 2.50. The van der Waals surface area contributed by atoms with E-state index in [1.54, 1.807) is 5.06 Å². The summed E-state index contributed by atoms with van der Waals surface area (Å²) in [5.41, 5.74) is 3.20. The van der Waals surface area contributed by atoms with Crippen molar-refractivity contribution >= 4 is 17.6 Å². The molecule has 1 aliphatic carbocycles. The van der Waals surface area contributed by atoms with Crippen LogP contribution in [-0.2, 0) is 16.1 Å². The van der Waals surface area contributed by atoms with Crippen LogP contribution in [-0.4, -0.2) is 22.7 Å². The molecular formula is C23H27N3O3. The van der Waals surface area contributed by atoms with Crippen molar-refractivity contribution < 1.29 is 14.5 Å². The third-order valence-electron chi connectivity index (χ3n) is 5.59. The maximum absolute atomic E-state index is 12.7. The number of rotatable bonds is 4. The standard InChI is InChI=1S/C23H27N3O3/c1-3-18-9-13-20(14-10-18)24-22(27)28-26-21(19-11-7-17(2)8-12-19)25-29-23(26)15-5-4-6-16-23/h7-14H,3-6,15-16H2,1-2H3,(H,24,27). The van der Waals surface area contributed by atoms with Gasteiger partial charge in [0.25, 0.3) is 0 Å². The van der Waals surface area contributed by atoms with Crippen LogP contribution in [0.1, 0.15) is 55.7 Å². The number of aryl methyl sites for hydroxylation is 2. The highest BCUT2D eigenvalue weighted by atomic mass is 16.8. The summed E-state index contributed by atoms with van der Waals surface area (Å²) in [5.74, 6) is 0.531. The zero-order valence-corrected chi connectivity index (χ0v) is 17.0. The summed E-state index contributed by atoms with van der Waals surface area (Å²) in [6.45, 7) is 4.13. The molecule has 2 aromatic carbocycles. The molecule has 1 aliphatic heterocycles. The van der Waals surface area contributed by atoms with Gasteiger partial charge in [0, 0.05) is 24.1 Å². The van der Waals surface area contributed by atoms with E-state index in [2.05, 4.69) is 17.4 Å². The molecule has 0 saturated heterocycles. The minimum absolute atomic E-state index is 0.531. The van der Waals surface area contributed by atoms with Crippen molar-refractivity contribution in [1.29, 1.82) is 0 Å². The van der Waals surface area contributed by atoms with E-state index in [-0.39, 0.29) is 0 Å². The topological polar surface area (TPSA) is 63.2 Å². The first kappa shape index (κ1) is 19.3. The largest absolute Gasteiger partial charge is 0.436 e. The molecule has 0 unspecified atom stereocenters. The lowest BCUT2D eigenvalue weighted by Gasteiger charge is -2.37. The van der Waals surface area contributed by atoms with Crippen molar-refractivity contribution in [2.45, 2.75) is 58.1 Å². The molecule has 6 heteroatoms. The van der Waals surface area contributed by atoms with Crippen LogP contribution in [0.5, 0.6) is 0 Å². The monoisotopic (exact) mass is 393 g/mol. The number of nitrogens with zero attached hydrogens (tertiary/aromatic N) is 2. The number of carbonyl (C=O) groups is 1. The Kier molecular flexibility index (Phi) is 5.43. The Balaban J connectivity index is 1.54. The van der Waals surface area contributed by atoms with Crippen molar-refractivity contribution in [3.63, 3.8) is 0 Å². The fraction of sp³-hybridized carbons (Fsp3) is 0.391.